The second-order valence-electron chi connectivity index (χ2n) is 6.12. The fourth-order valence-corrected chi connectivity index (χ4v) is 3.01. The summed E-state index contributed by atoms with van der Waals surface area (Å²) in [4.78, 5) is 4.67. The van der Waals surface area contributed by atoms with E-state index in [4.69, 9.17) is 5.73 Å². The lowest BCUT2D eigenvalue weighted by molar-refractivity contribution is -0.0136. The molecule has 0 bridgehead atoms. The van der Waals surface area contributed by atoms with Gasteiger partial charge >= 0.3 is 0 Å². The molecule has 0 radical (unpaired) electrons. The van der Waals surface area contributed by atoms with Gasteiger partial charge in [0, 0.05) is 16.6 Å². The molecule has 0 saturated heterocycles. The number of fused-ring (bicyclic) bond motifs is 2. The van der Waals surface area contributed by atoms with E-state index < -0.39 is 5.72 Å². The van der Waals surface area contributed by atoms with E-state index in [2.05, 4.69) is 18.8 Å². The smallest absolute Gasteiger partial charge is 0.141 e. The number of aliphatic hydroxyl groups is 1. The molecule has 1 aliphatic carbocycles. The minimum Gasteiger partial charge on any atom is -0.372 e. The van der Waals surface area contributed by atoms with Crippen LogP contribution in [0.4, 0.5) is 0 Å². The number of aromatic nitrogens is 1. The van der Waals surface area contributed by atoms with Crippen LogP contribution >= 0.6 is 0 Å². The van der Waals surface area contributed by atoms with E-state index in [1.807, 2.05) is 30.3 Å². The first-order valence-electron chi connectivity index (χ1n) is 6.28. The van der Waals surface area contributed by atoms with Gasteiger partial charge in [-0.1, -0.05) is 32.0 Å². The van der Waals surface area contributed by atoms with Crippen LogP contribution < -0.4 is 5.73 Å². The van der Waals surface area contributed by atoms with Gasteiger partial charge < -0.3 is 5.11 Å². The number of pyridine rings is 1. The first kappa shape index (κ1) is 11.6. The Morgan fingerprint density at radius 3 is 2.78 bits per heavy atom. The van der Waals surface area contributed by atoms with Gasteiger partial charge in [-0.3, -0.25) is 10.7 Å². The van der Waals surface area contributed by atoms with Crippen LogP contribution in [0.1, 0.15) is 31.5 Å². The zero-order chi connectivity index (χ0) is 13.0. The zero-order valence-electron chi connectivity index (χ0n) is 10.8. The molecule has 1 heterocycles. The fourth-order valence-electron chi connectivity index (χ4n) is 3.01. The molecule has 3 rings (SSSR count). The van der Waals surface area contributed by atoms with E-state index in [-0.39, 0.29) is 5.41 Å². The van der Waals surface area contributed by atoms with E-state index in [1.54, 1.807) is 0 Å². The molecule has 1 aromatic carbocycles. The summed E-state index contributed by atoms with van der Waals surface area (Å²) in [6, 6.07) is 9.92. The third-order valence-corrected chi connectivity index (χ3v) is 3.66. The van der Waals surface area contributed by atoms with E-state index >= 15 is 0 Å². The predicted molar refractivity (Wildman–Crippen MR) is 71.9 cm³/mol. The molecule has 1 unspecified atom stereocenters. The summed E-state index contributed by atoms with van der Waals surface area (Å²) in [6.45, 7) is 4.23. The van der Waals surface area contributed by atoms with Crippen LogP contribution in [-0.2, 0) is 12.1 Å². The van der Waals surface area contributed by atoms with Gasteiger partial charge in [0.25, 0.3) is 0 Å². The Hall–Kier alpha value is -1.45. The number of hydrogen-bond donors (Lipinski definition) is 2. The molecule has 0 fully saturated rings. The van der Waals surface area contributed by atoms with E-state index in [0.717, 1.165) is 28.6 Å². The van der Waals surface area contributed by atoms with Gasteiger partial charge in [-0.25, -0.2) is 0 Å². The second kappa shape index (κ2) is 3.53. The van der Waals surface area contributed by atoms with E-state index in [0.29, 0.717) is 6.42 Å². The maximum Gasteiger partial charge on any atom is 0.141 e. The third-order valence-electron chi connectivity index (χ3n) is 3.66. The Morgan fingerprint density at radius 1 is 1.28 bits per heavy atom. The van der Waals surface area contributed by atoms with Crippen LogP contribution in [0.2, 0.25) is 0 Å². The topological polar surface area (TPSA) is 59.1 Å². The molecular formula is C15H18N2O. The van der Waals surface area contributed by atoms with Gasteiger partial charge in [0.15, 0.2) is 0 Å². The molecular weight excluding hydrogens is 224 g/mol. The normalized spacial score (nSPS) is 26.0. The lowest BCUT2D eigenvalue weighted by atomic mass is 9.72. The molecule has 3 N–H and O–H groups in total. The van der Waals surface area contributed by atoms with Gasteiger partial charge in [0.2, 0.25) is 0 Å². The monoisotopic (exact) mass is 242 g/mol. The van der Waals surface area contributed by atoms with Crippen molar-refractivity contribution in [1.82, 2.24) is 4.98 Å². The Bertz CT molecular complexity index is 617. The zero-order valence-corrected chi connectivity index (χ0v) is 10.8. The molecule has 94 valence electrons. The predicted octanol–water partition coefficient (Wildman–Crippen LogP) is 2.31. The van der Waals surface area contributed by atoms with Crippen molar-refractivity contribution >= 4 is 10.9 Å². The van der Waals surface area contributed by atoms with Crippen molar-refractivity contribution in [2.75, 3.05) is 0 Å². The molecule has 1 aromatic heterocycles. The van der Waals surface area contributed by atoms with E-state index in [9.17, 15) is 5.11 Å². The van der Waals surface area contributed by atoms with Crippen LogP contribution in [-0.4, -0.2) is 10.1 Å². The van der Waals surface area contributed by atoms with Crippen LogP contribution in [0.5, 0.6) is 0 Å². The summed E-state index contributed by atoms with van der Waals surface area (Å²) < 4.78 is 0. The minimum atomic E-state index is -1.27. The highest BCUT2D eigenvalue weighted by molar-refractivity contribution is 5.79. The number of para-hydroxylation sites is 1. The van der Waals surface area contributed by atoms with Crippen LogP contribution in [0.15, 0.2) is 30.3 Å². The Morgan fingerprint density at radius 2 is 2.00 bits per heavy atom. The lowest BCUT2D eigenvalue weighted by Gasteiger charge is -2.40. The first-order valence-corrected chi connectivity index (χ1v) is 6.28. The fraction of sp³-hybridized carbons (Fsp3) is 0.400. The average molecular weight is 242 g/mol. The molecule has 0 aliphatic heterocycles. The molecule has 0 spiro atoms. The van der Waals surface area contributed by atoms with Gasteiger partial charge in [0.05, 0.1) is 5.52 Å². The van der Waals surface area contributed by atoms with Crippen molar-refractivity contribution < 1.29 is 5.11 Å². The van der Waals surface area contributed by atoms with Crippen molar-refractivity contribution in [3.63, 3.8) is 0 Å². The molecule has 3 heteroatoms. The highest BCUT2D eigenvalue weighted by Crippen LogP contribution is 2.41. The lowest BCUT2D eigenvalue weighted by Crippen LogP contribution is -2.46. The van der Waals surface area contributed by atoms with Gasteiger partial charge in [-0.2, -0.15) is 0 Å². The number of rotatable bonds is 0. The molecule has 1 aliphatic rings. The Kier molecular flexibility index (Phi) is 2.28. The summed E-state index contributed by atoms with van der Waals surface area (Å²) in [5.74, 6) is 0. The van der Waals surface area contributed by atoms with Gasteiger partial charge in [-0.15, -0.1) is 0 Å². The van der Waals surface area contributed by atoms with Crippen LogP contribution in [0.25, 0.3) is 10.9 Å². The third kappa shape index (κ3) is 1.80. The van der Waals surface area contributed by atoms with Crippen LogP contribution in [0.3, 0.4) is 0 Å². The minimum absolute atomic E-state index is 0.0219. The molecule has 2 aromatic rings. The maximum atomic E-state index is 10.5. The van der Waals surface area contributed by atoms with Crippen LogP contribution in [0, 0.1) is 5.41 Å². The molecule has 3 nitrogen and oxygen atoms in total. The highest BCUT2D eigenvalue weighted by Gasteiger charge is 2.40. The van der Waals surface area contributed by atoms with Crippen molar-refractivity contribution in [3.8, 4) is 0 Å². The SMILES string of the molecule is CC1(C)Cc2nc3ccccc3cc2C(N)(O)C1. The molecule has 0 amide bonds. The van der Waals surface area contributed by atoms with E-state index in [1.165, 1.54) is 0 Å². The maximum absolute atomic E-state index is 10.5. The summed E-state index contributed by atoms with van der Waals surface area (Å²) in [7, 11) is 0. The van der Waals surface area contributed by atoms with Crippen molar-refractivity contribution in [2.45, 2.75) is 32.4 Å². The van der Waals surface area contributed by atoms with Gasteiger partial charge in [0.1, 0.15) is 5.72 Å². The average Bonchev–Trinajstić information content (AvgIpc) is 2.24. The van der Waals surface area contributed by atoms with Crippen molar-refractivity contribution in [3.05, 3.63) is 41.6 Å². The number of hydrogen-bond acceptors (Lipinski definition) is 3. The summed E-state index contributed by atoms with van der Waals surface area (Å²) in [5, 5.41) is 11.5. The second-order valence-corrected chi connectivity index (χ2v) is 6.12. The number of nitrogens with two attached hydrogens (primary N) is 1. The molecule has 0 saturated carbocycles. The van der Waals surface area contributed by atoms with Gasteiger partial charge in [-0.05, 0) is 30.4 Å². The first-order chi connectivity index (χ1) is 8.37. The quantitative estimate of drug-likeness (QED) is 0.697. The Balaban J connectivity index is 2.27. The largest absolute Gasteiger partial charge is 0.372 e. The van der Waals surface area contributed by atoms with Crippen molar-refractivity contribution in [2.24, 2.45) is 11.1 Å². The molecule has 1 atom stereocenters. The highest BCUT2D eigenvalue weighted by atomic mass is 16.3. The summed E-state index contributed by atoms with van der Waals surface area (Å²) in [6.07, 6.45) is 1.42. The van der Waals surface area contributed by atoms with Crippen molar-refractivity contribution in [1.29, 1.82) is 0 Å². The summed E-state index contributed by atoms with van der Waals surface area (Å²) in [5.41, 5.74) is 7.45. The standard InChI is InChI=1S/C15H18N2O/c1-14(2)8-13-11(15(16,18)9-14)7-10-5-3-4-6-12(10)17-13/h3-7,18H,8-9,16H2,1-2H3. The Labute approximate surface area is 107 Å². The molecule has 18 heavy (non-hydrogen) atoms. The summed E-state index contributed by atoms with van der Waals surface area (Å²) >= 11 is 0. The number of benzene rings is 1. The number of nitrogens with zero attached hydrogens (tertiary/aromatic N) is 1.